The molecule has 2 aromatic carbocycles. The molecule has 2 saturated heterocycles. The van der Waals surface area contributed by atoms with Crippen LogP contribution in [-0.2, 0) is 6.54 Å². The summed E-state index contributed by atoms with van der Waals surface area (Å²) in [6.07, 6.45) is 2.65. The van der Waals surface area contributed by atoms with E-state index in [1.807, 2.05) is 6.07 Å². The number of hydrogen-bond donors (Lipinski definition) is 1. The lowest BCUT2D eigenvalue weighted by molar-refractivity contribution is 0.156. The molecule has 0 saturated carbocycles. The van der Waals surface area contributed by atoms with Gasteiger partial charge in [0.1, 0.15) is 5.75 Å². The Labute approximate surface area is 132 Å². The van der Waals surface area contributed by atoms with Crippen molar-refractivity contribution in [3.63, 3.8) is 0 Å². The minimum Gasteiger partial charge on any atom is -0.497 e. The average Bonchev–Trinajstić information content (AvgIpc) is 3.02. The smallest absolute Gasteiger partial charge is 0.119 e. The van der Waals surface area contributed by atoms with Crippen LogP contribution in [0.2, 0.25) is 0 Å². The maximum absolute atomic E-state index is 5.30. The van der Waals surface area contributed by atoms with Crippen LogP contribution in [0.5, 0.6) is 5.75 Å². The molecule has 0 amide bonds. The summed E-state index contributed by atoms with van der Waals surface area (Å²) >= 11 is 0. The van der Waals surface area contributed by atoms with Crippen LogP contribution in [0.15, 0.2) is 36.4 Å². The van der Waals surface area contributed by atoms with E-state index in [0.29, 0.717) is 0 Å². The van der Waals surface area contributed by atoms with Crippen molar-refractivity contribution in [1.82, 2.24) is 10.2 Å². The largest absolute Gasteiger partial charge is 0.497 e. The Morgan fingerprint density at radius 1 is 1.14 bits per heavy atom. The van der Waals surface area contributed by atoms with Crippen LogP contribution in [-0.4, -0.2) is 37.7 Å². The lowest BCUT2D eigenvalue weighted by Crippen LogP contribution is -2.43. The van der Waals surface area contributed by atoms with E-state index in [-0.39, 0.29) is 0 Å². The zero-order valence-electron chi connectivity index (χ0n) is 13.2. The van der Waals surface area contributed by atoms with Crippen molar-refractivity contribution in [3.05, 3.63) is 42.0 Å². The maximum Gasteiger partial charge on any atom is 0.119 e. The monoisotopic (exact) mass is 296 g/mol. The van der Waals surface area contributed by atoms with Gasteiger partial charge in [-0.1, -0.05) is 18.2 Å². The van der Waals surface area contributed by atoms with E-state index in [9.17, 15) is 0 Å². The minimum atomic E-state index is 0.778. The van der Waals surface area contributed by atoms with Gasteiger partial charge in [0.2, 0.25) is 0 Å². The fourth-order valence-electron chi connectivity index (χ4n) is 4.02. The van der Waals surface area contributed by atoms with Gasteiger partial charge in [-0.15, -0.1) is 0 Å². The van der Waals surface area contributed by atoms with Crippen molar-refractivity contribution in [2.75, 3.05) is 26.7 Å². The maximum atomic E-state index is 5.30. The van der Waals surface area contributed by atoms with Gasteiger partial charge in [-0.05, 0) is 66.4 Å². The molecule has 2 aliphatic rings. The zero-order valence-corrected chi connectivity index (χ0v) is 13.2. The van der Waals surface area contributed by atoms with Crippen LogP contribution in [0.4, 0.5) is 0 Å². The fourth-order valence-corrected chi connectivity index (χ4v) is 4.02. The number of piperidine rings is 1. The Kier molecular flexibility index (Phi) is 3.77. The molecule has 0 aliphatic carbocycles. The van der Waals surface area contributed by atoms with Gasteiger partial charge in [-0.3, -0.25) is 4.90 Å². The van der Waals surface area contributed by atoms with Crippen LogP contribution < -0.4 is 10.1 Å². The fraction of sp³-hybridized carbons (Fsp3) is 0.474. The van der Waals surface area contributed by atoms with Gasteiger partial charge in [0.15, 0.2) is 0 Å². The van der Waals surface area contributed by atoms with Crippen molar-refractivity contribution in [1.29, 1.82) is 0 Å². The predicted octanol–water partition coefficient (Wildman–Crippen LogP) is 3.03. The lowest BCUT2D eigenvalue weighted by atomic mass is 9.93. The van der Waals surface area contributed by atoms with Gasteiger partial charge < -0.3 is 10.1 Å². The molecule has 2 heterocycles. The van der Waals surface area contributed by atoms with Crippen LogP contribution in [0, 0.1) is 5.92 Å². The van der Waals surface area contributed by atoms with E-state index in [2.05, 4.69) is 40.5 Å². The van der Waals surface area contributed by atoms with Crippen LogP contribution in [0.3, 0.4) is 0 Å². The molecule has 2 unspecified atom stereocenters. The Balaban J connectivity index is 1.49. The molecule has 2 aromatic rings. The third-order valence-corrected chi connectivity index (χ3v) is 5.26. The van der Waals surface area contributed by atoms with Gasteiger partial charge in [0, 0.05) is 19.1 Å². The summed E-state index contributed by atoms with van der Waals surface area (Å²) in [5, 5.41) is 6.19. The summed E-state index contributed by atoms with van der Waals surface area (Å²) in [4.78, 5) is 2.62. The Morgan fingerprint density at radius 3 is 2.91 bits per heavy atom. The van der Waals surface area contributed by atoms with Crippen molar-refractivity contribution >= 4 is 10.8 Å². The topological polar surface area (TPSA) is 24.5 Å². The number of ether oxygens (including phenoxy) is 1. The first-order valence-electron chi connectivity index (χ1n) is 8.34. The third kappa shape index (κ3) is 2.71. The average molecular weight is 296 g/mol. The quantitative estimate of drug-likeness (QED) is 0.942. The lowest BCUT2D eigenvalue weighted by Gasteiger charge is -2.34. The molecule has 0 bridgehead atoms. The summed E-state index contributed by atoms with van der Waals surface area (Å²) < 4.78 is 5.30. The summed E-state index contributed by atoms with van der Waals surface area (Å²) in [6.45, 7) is 4.75. The zero-order chi connectivity index (χ0) is 14.9. The third-order valence-electron chi connectivity index (χ3n) is 5.26. The number of methoxy groups -OCH3 is 1. The highest BCUT2D eigenvalue weighted by Gasteiger charge is 2.32. The number of nitrogens with zero attached hydrogens (tertiary/aromatic N) is 1. The first-order valence-corrected chi connectivity index (χ1v) is 8.34. The molecule has 3 heteroatoms. The molecule has 22 heavy (non-hydrogen) atoms. The molecule has 0 radical (unpaired) electrons. The van der Waals surface area contributed by atoms with E-state index in [1.165, 1.54) is 48.8 Å². The van der Waals surface area contributed by atoms with Crippen LogP contribution in [0.1, 0.15) is 18.4 Å². The number of rotatable bonds is 3. The molecule has 0 spiro atoms. The highest BCUT2D eigenvalue weighted by atomic mass is 16.5. The van der Waals surface area contributed by atoms with E-state index >= 15 is 0 Å². The highest BCUT2D eigenvalue weighted by Crippen LogP contribution is 2.27. The van der Waals surface area contributed by atoms with E-state index < -0.39 is 0 Å². The van der Waals surface area contributed by atoms with E-state index in [1.54, 1.807) is 7.11 Å². The van der Waals surface area contributed by atoms with Crippen molar-refractivity contribution in [2.45, 2.75) is 25.4 Å². The SMILES string of the molecule is COc1ccc2cc(CN3CCC4NCCC4C3)ccc2c1. The summed E-state index contributed by atoms with van der Waals surface area (Å²) in [7, 11) is 1.72. The van der Waals surface area contributed by atoms with Gasteiger partial charge in [-0.2, -0.15) is 0 Å². The molecule has 2 atom stereocenters. The second-order valence-corrected chi connectivity index (χ2v) is 6.68. The van der Waals surface area contributed by atoms with Gasteiger partial charge in [0.25, 0.3) is 0 Å². The number of fused-ring (bicyclic) bond motifs is 2. The van der Waals surface area contributed by atoms with Crippen LogP contribution >= 0.6 is 0 Å². The van der Waals surface area contributed by atoms with E-state index in [4.69, 9.17) is 4.74 Å². The number of hydrogen-bond acceptors (Lipinski definition) is 3. The van der Waals surface area contributed by atoms with Crippen LogP contribution in [0.25, 0.3) is 10.8 Å². The van der Waals surface area contributed by atoms with Crippen molar-refractivity contribution in [3.8, 4) is 5.75 Å². The number of nitrogens with one attached hydrogen (secondary N) is 1. The van der Waals surface area contributed by atoms with Gasteiger partial charge >= 0.3 is 0 Å². The molecule has 2 aliphatic heterocycles. The van der Waals surface area contributed by atoms with Crippen molar-refractivity contribution < 1.29 is 4.74 Å². The second kappa shape index (κ2) is 5.90. The standard InChI is InChI=1S/C19H24N2O/c1-22-18-5-4-15-10-14(2-3-16(15)11-18)12-21-9-7-19-17(13-21)6-8-20-19/h2-5,10-11,17,19-20H,6-9,12-13H2,1H3. The molecule has 0 aromatic heterocycles. The Hall–Kier alpha value is -1.58. The van der Waals surface area contributed by atoms with Gasteiger partial charge in [-0.25, -0.2) is 0 Å². The molecule has 2 fully saturated rings. The Morgan fingerprint density at radius 2 is 2.00 bits per heavy atom. The molecule has 116 valence electrons. The number of benzene rings is 2. The molecular formula is C19H24N2O. The first kappa shape index (κ1) is 14.0. The van der Waals surface area contributed by atoms with E-state index in [0.717, 1.165) is 24.3 Å². The molecule has 1 N–H and O–H groups in total. The molecule has 4 rings (SSSR count). The highest BCUT2D eigenvalue weighted by molar-refractivity contribution is 5.84. The predicted molar refractivity (Wildman–Crippen MR) is 90.3 cm³/mol. The second-order valence-electron chi connectivity index (χ2n) is 6.68. The summed E-state index contributed by atoms with van der Waals surface area (Å²) in [5.41, 5.74) is 1.42. The Bertz CT molecular complexity index is 670. The van der Waals surface area contributed by atoms with Crippen molar-refractivity contribution in [2.24, 2.45) is 5.92 Å². The number of likely N-dealkylation sites (tertiary alicyclic amines) is 1. The minimum absolute atomic E-state index is 0.778. The van der Waals surface area contributed by atoms with Gasteiger partial charge in [0.05, 0.1) is 7.11 Å². The summed E-state index contributed by atoms with van der Waals surface area (Å²) in [5.74, 6) is 1.79. The molecular weight excluding hydrogens is 272 g/mol. The molecule has 3 nitrogen and oxygen atoms in total. The first-order chi connectivity index (χ1) is 10.8. The normalized spacial score (nSPS) is 25.3. The summed E-state index contributed by atoms with van der Waals surface area (Å²) in [6, 6.07) is 13.9.